The zero-order valence-corrected chi connectivity index (χ0v) is 19.7. The van der Waals surface area contributed by atoms with Gasteiger partial charge < -0.3 is 10.4 Å². The van der Waals surface area contributed by atoms with E-state index in [9.17, 15) is 28.4 Å². The van der Waals surface area contributed by atoms with Crippen molar-refractivity contribution < 1.29 is 23.2 Å². The normalized spacial score (nSPS) is 18.3. The number of anilines is 1. The van der Waals surface area contributed by atoms with Crippen LogP contribution in [0.2, 0.25) is 0 Å². The first-order chi connectivity index (χ1) is 17.2. The number of aliphatic hydroxyl groups excluding tert-OH is 1. The van der Waals surface area contributed by atoms with Gasteiger partial charge in [0.25, 0.3) is 5.69 Å². The Bertz CT molecular complexity index is 1200. The first-order valence-electron chi connectivity index (χ1n) is 11.7. The summed E-state index contributed by atoms with van der Waals surface area (Å²) in [5.41, 5.74) is 0.638. The highest BCUT2D eigenvalue weighted by Gasteiger charge is 2.41. The zero-order valence-electron chi connectivity index (χ0n) is 19.7. The number of hydrogen-bond acceptors (Lipinski definition) is 5. The zero-order chi connectivity index (χ0) is 25.8. The summed E-state index contributed by atoms with van der Waals surface area (Å²) in [7, 11) is 0. The van der Waals surface area contributed by atoms with Gasteiger partial charge >= 0.3 is 6.18 Å². The van der Waals surface area contributed by atoms with E-state index < -0.39 is 22.1 Å². The molecule has 1 aliphatic heterocycles. The molecule has 1 atom stereocenters. The lowest BCUT2D eigenvalue weighted by Gasteiger charge is -2.31. The SMILES string of the molecule is O=[N+]([O-])c1cc(CO)ccc1NCC1(Cc2ccccc2C(F)(F)F)CCN(Cc2ccccc2)C1. The molecular weight excluding hydrogens is 471 g/mol. The Morgan fingerprint density at radius 1 is 1.03 bits per heavy atom. The van der Waals surface area contributed by atoms with Crippen molar-refractivity contribution >= 4 is 11.4 Å². The van der Waals surface area contributed by atoms with E-state index in [1.165, 1.54) is 24.3 Å². The van der Waals surface area contributed by atoms with Crippen LogP contribution in [0.5, 0.6) is 0 Å². The fourth-order valence-corrected chi connectivity index (χ4v) is 4.97. The number of halogens is 3. The van der Waals surface area contributed by atoms with E-state index >= 15 is 0 Å². The smallest absolute Gasteiger partial charge is 0.392 e. The fraction of sp³-hybridized carbons (Fsp3) is 0.333. The van der Waals surface area contributed by atoms with Crippen molar-refractivity contribution in [3.05, 3.63) is 105 Å². The van der Waals surface area contributed by atoms with Crippen molar-refractivity contribution in [1.29, 1.82) is 0 Å². The van der Waals surface area contributed by atoms with Gasteiger partial charge in [-0.25, -0.2) is 0 Å². The molecule has 1 heterocycles. The van der Waals surface area contributed by atoms with Gasteiger partial charge in [-0.05, 0) is 48.2 Å². The van der Waals surface area contributed by atoms with Gasteiger partial charge in [0.1, 0.15) is 5.69 Å². The number of hydrogen-bond donors (Lipinski definition) is 2. The highest BCUT2D eigenvalue weighted by atomic mass is 19.4. The molecule has 0 saturated carbocycles. The summed E-state index contributed by atoms with van der Waals surface area (Å²) in [6, 6.07) is 19.9. The lowest BCUT2D eigenvalue weighted by molar-refractivity contribution is -0.384. The third-order valence-corrected chi connectivity index (χ3v) is 6.75. The number of alkyl halides is 3. The molecule has 190 valence electrons. The lowest BCUT2D eigenvalue weighted by atomic mass is 9.79. The Balaban J connectivity index is 1.62. The first kappa shape index (κ1) is 25.7. The molecule has 9 heteroatoms. The standard InChI is InChI=1S/C27H28F3N3O3/c28-27(29,30)23-9-5-4-8-22(23)15-26(12-13-32(19-26)16-20-6-2-1-3-7-20)18-31-24-11-10-21(17-34)14-25(24)33(35)36/h1-11,14,31,34H,12-13,15-19H2. The van der Waals surface area contributed by atoms with Gasteiger partial charge in [0.15, 0.2) is 0 Å². The van der Waals surface area contributed by atoms with Gasteiger partial charge in [-0.15, -0.1) is 0 Å². The molecule has 0 amide bonds. The number of aliphatic hydroxyl groups is 1. The Morgan fingerprint density at radius 3 is 2.44 bits per heavy atom. The molecular formula is C27H28F3N3O3. The number of rotatable bonds is 9. The van der Waals surface area contributed by atoms with Crippen molar-refractivity contribution in [2.45, 2.75) is 32.2 Å². The Labute approximate surface area is 207 Å². The van der Waals surface area contributed by atoms with Crippen LogP contribution in [0.1, 0.15) is 28.7 Å². The summed E-state index contributed by atoms with van der Waals surface area (Å²) >= 11 is 0. The predicted octanol–water partition coefficient (Wildman–Crippen LogP) is 5.65. The first-order valence-corrected chi connectivity index (χ1v) is 11.7. The quantitative estimate of drug-likeness (QED) is 0.294. The summed E-state index contributed by atoms with van der Waals surface area (Å²) in [4.78, 5) is 13.3. The van der Waals surface area contributed by atoms with Gasteiger partial charge in [0.2, 0.25) is 0 Å². The molecule has 3 aromatic rings. The minimum Gasteiger partial charge on any atom is -0.392 e. The number of benzene rings is 3. The van der Waals surface area contributed by atoms with Crippen molar-refractivity contribution in [2.24, 2.45) is 5.41 Å². The number of nitro groups is 1. The second-order valence-corrected chi connectivity index (χ2v) is 9.40. The summed E-state index contributed by atoms with van der Waals surface area (Å²) < 4.78 is 41.3. The van der Waals surface area contributed by atoms with E-state index in [-0.39, 0.29) is 36.5 Å². The highest BCUT2D eigenvalue weighted by Crippen LogP contribution is 2.40. The number of nitro benzene ring substituents is 1. The van der Waals surface area contributed by atoms with Crippen molar-refractivity contribution in [2.75, 3.05) is 25.0 Å². The minimum absolute atomic E-state index is 0.175. The van der Waals surface area contributed by atoms with Crippen LogP contribution in [0.3, 0.4) is 0 Å². The summed E-state index contributed by atoms with van der Waals surface area (Å²) in [5.74, 6) is 0. The maximum Gasteiger partial charge on any atom is 0.416 e. The third kappa shape index (κ3) is 6.03. The van der Waals surface area contributed by atoms with E-state index in [4.69, 9.17) is 0 Å². The summed E-state index contributed by atoms with van der Waals surface area (Å²) in [6.45, 7) is 1.87. The van der Waals surface area contributed by atoms with Crippen LogP contribution in [0.4, 0.5) is 24.5 Å². The third-order valence-electron chi connectivity index (χ3n) is 6.75. The van der Waals surface area contributed by atoms with E-state index in [2.05, 4.69) is 10.2 Å². The molecule has 0 aliphatic carbocycles. The van der Waals surface area contributed by atoms with E-state index in [1.54, 1.807) is 12.1 Å². The van der Waals surface area contributed by atoms with E-state index in [0.29, 0.717) is 31.6 Å². The van der Waals surface area contributed by atoms with Crippen LogP contribution in [-0.2, 0) is 25.7 Å². The molecule has 0 aromatic heterocycles. The van der Waals surface area contributed by atoms with Gasteiger partial charge in [-0.3, -0.25) is 15.0 Å². The van der Waals surface area contributed by atoms with Gasteiger partial charge in [-0.1, -0.05) is 54.6 Å². The maximum absolute atomic E-state index is 13.8. The Hall–Kier alpha value is -3.43. The molecule has 4 rings (SSSR count). The van der Waals surface area contributed by atoms with Crippen LogP contribution < -0.4 is 5.32 Å². The molecule has 2 N–H and O–H groups in total. The van der Waals surface area contributed by atoms with Crippen LogP contribution in [-0.4, -0.2) is 34.6 Å². The van der Waals surface area contributed by atoms with Crippen LogP contribution in [0.15, 0.2) is 72.8 Å². The Morgan fingerprint density at radius 2 is 1.75 bits per heavy atom. The lowest BCUT2D eigenvalue weighted by Crippen LogP contribution is -2.36. The van der Waals surface area contributed by atoms with E-state index in [1.807, 2.05) is 30.3 Å². The minimum atomic E-state index is -4.47. The van der Waals surface area contributed by atoms with Crippen LogP contribution >= 0.6 is 0 Å². The molecule has 1 fully saturated rings. The molecule has 1 aliphatic rings. The van der Waals surface area contributed by atoms with Gasteiger partial charge in [0, 0.05) is 31.1 Å². The molecule has 6 nitrogen and oxygen atoms in total. The number of nitrogens with one attached hydrogen (secondary N) is 1. The second kappa shape index (κ2) is 10.7. The molecule has 1 unspecified atom stereocenters. The molecule has 1 saturated heterocycles. The van der Waals surface area contributed by atoms with Gasteiger partial charge in [-0.2, -0.15) is 13.2 Å². The molecule has 0 bridgehead atoms. The van der Waals surface area contributed by atoms with Crippen LogP contribution in [0, 0.1) is 15.5 Å². The second-order valence-electron chi connectivity index (χ2n) is 9.40. The fourth-order valence-electron chi connectivity index (χ4n) is 4.97. The molecule has 36 heavy (non-hydrogen) atoms. The average Bonchev–Trinajstić information content (AvgIpc) is 3.25. The molecule has 0 radical (unpaired) electrons. The number of likely N-dealkylation sites (tertiary alicyclic amines) is 1. The molecule has 3 aromatic carbocycles. The van der Waals surface area contributed by atoms with Crippen molar-refractivity contribution in [1.82, 2.24) is 4.90 Å². The van der Waals surface area contributed by atoms with Crippen LogP contribution in [0.25, 0.3) is 0 Å². The van der Waals surface area contributed by atoms with E-state index in [0.717, 1.165) is 11.6 Å². The van der Waals surface area contributed by atoms with Crippen molar-refractivity contribution in [3.8, 4) is 0 Å². The highest BCUT2D eigenvalue weighted by molar-refractivity contribution is 5.62. The Kier molecular flexibility index (Phi) is 7.61. The summed E-state index contributed by atoms with van der Waals surface area (Å²) in [6.07, 6.45) is -3.64. The summed E-state index contributed by atoms with van der Waals surface area (Å²) in [5, 5.41) is 24.1. The number of nitrogens with zero attached hydrogens (tertiary/aromatic N) is 2. The van der Waals surface area contributed by atoms with Gasteiger partial charge in [0.05, 0.1) is 17.1 Å². The average molecular weight is 500 g/mol. The molecule has 0 spiro atoms. The predicted molar refractivity (Wildman–Crippen MR) is 131 cm³/mol. The topological polar surface area (TPSA) is 78.6 Å². The monoisotopic (exact) mass is 499 g/mol. The maximum atomic E-state index is 13.8. The van der Waals surface area contributed by atoms with Crippen molar-refractivity contribution in [3.63, 3.8) is 0 Å². The largest absolute Gasteiger partial charge is 0.416 e.